The number of nitrogens with zero attached hydrogens (tertiary/aromatic N) is 4. The Kier molecular flexibility index (Phi) is 5.17. The third kappa shape index (κ3) is 3.67. The van der Waals surface area contributed by atoms with Crippen molar-refractivity contribution in [2.45, 2.75) is 39.7 Å². The van der Waals surface area contributed by atoms with E-state index >= 15 is 0 Å². The Morgan fingerprint density at radius 3 is 2.93 bits per heavy atom. The molecule has 152 valence electrons. The van der Waals surface area contributed by atoms with Crippen LogP contribution in [0.1, 0.15) is 36.3 Å². The van der Waals surface area contributed by atoms with Gasteiger partial charge in [0.15, 0.2) is 0 Å². The highest BCUT2D eigenvalue weighted by Gasteiger charge is 2.31. The molecule has 4 heterocycles. The van der Waals surface area contributed by atoms with E-state index in [0.717, 1.165) is 23.5 Å². The van der Waals surface area contributed by atoms with Crippen LogP contribution in [0.5, 0.6) is 0 Å². The van der Waals surface area contributed by atoms with Crippen molar-refractivity contribution < 1.29 is 4.79 Å². The Labute approximate surface area is 173 Å². The monoisotopic (exact) mass is 413 g/mol. The van der Waals surface area contributed by atoms with Crippen molar-refractivity contribution in [3.8, 4) is 0 Å². The van der Waals surface area contributed by atoms with Gasteiger partial charge in [-0.3, -0.25) is 19.3 Å². The zero-order chi connectivity index (χ0) is 20.7. The van der Waals surface area contributed by atoms with E-state index in [1.165, 1.54) is 0 Å². The summed E-state index contributed by atoms with van der Waals surface area (Å²) in [5, 5.41) is 5.66. The van der Waals surface area contributed by atoms with E-state index in [1.807, 2.05) is 31.7 Å². The molecule has 7 nitrogen and oxygen atoms in total. The lowest BCUT2D eigenvalue weighted by Crippen LogP contribution is -2.35. The minimum absolute atomic E-state index is 0.0948. The Balaban J connectivity index is 1.47. The maximum absolute atomic E-state index is 13.0. The lowest BCUT2D eigenvalue weighted by Gasteiger charge is -2.21. The summed E-state index contributed by atoms with van der Waals surface area (Å²) in [5.41, 5.74) is 3.05. The Hall–Kier alpha value is -2.67. The predicted octanol–water partition coefficient (Wildman–Crippen LogP) is 3.04. The molecular weight excluding hydrogens is 390 g/mol. The molecule has 1 aliphatic heterocycles. The maximum Gasteiger partial charge on any atom is 0.257 e. The van der Waals surface area contributed by atoms with Gasteiger partial charge >= 0.3 is 0 Å². The van der Waals surface area contributed by atoms with Gasteiger partial charge in [-0.15, -0.1) is 0 Å². The molecule has 1 aliphatic rings. The quantitative estimate of drug-likeness (QED) is 0.712. The van der Waals surface area contributed by atoms with Gasteiger partial charge < -0.3 is 9.88 Å². The van der Waals surface area contributed by atoms with Gasteiger partial charge in [-0.2, -0.15) is 5.10 Å². The number of pyridine rings is 2. The third-order valence-electron chi connectivity index (χ3n) is 5.73. The van der Waals surface area contributed by atoms with Crippen LogP contribution in [0.4, 0.5) is 0 Å². The summed E-state index contributed by atoms with van der Waals surface area (Å²) in [6, 6.07) is 5.45. The highest BCUT2D eigenvalue weighted by atomic mass is 35.5. The van der Waals surface area contributed by atoms with Crippen LogP contribution in [0.2, 0.25) is 5.02 Å². The van der Waals surface area contributed by atoms with E-state index in [-0.39, 0.29) is 23.3 Å². The van der Waals surface area contributed by atoms with E-state index in [1.54, 1.807) is 23.0 Å². The highest BCUT2D eigenvalue weighted by molar-refractivity contribution is 6.31. The number of hydrogen-bond acceptors (Lipinski definition) is 4. The molecule has 2 atom stereocenters. The van der Waals surface area contributed by atoms with Crippen molar-refractivity contribution in [2.24, 2.45) is 5.92 Å². The number of halogens is 1. The summed E-state index contributed by atoms with van der Waals surface area (Å²) in [7, 11) is 0. The second kappa shape index (κ2) is 7.63. The number of rotatable bonds is 4. The number of nitrogens with one attached hydrogen (secondary N) is 1. The van der Waals surface area contributed by atoms with Gasteiger partial charge in [0.2, 0.25) is 5.91 Å². The summed E-state index contributed by atoms with van der Waals surface area (Å²) < 4.78 is 1.81. The topological polar surface area (TPSA) is 83.9 Å². The van der Waals surface area contributed by atoms with Gasteiger partial charge in [-0.25, -0.2) is 0 Å². The molecule has 4 rings (SSSR count). The Morgan fingerprint density at radius 1 is 1.41 bits per heavy atom. The molecule has 29 heavy (non-hydrogen) atoms. The zero-order valence-corrected chi connectivity index (χ0v) is 17.5. The molecule has 0 aromatic carbocycles. The summed E-state index contributed by atoms with van der Waals surface area (Å²) in [5.74, 6) is -0.00837. The van der Waals surface area contributed by atoms with Gasteiger partial charge in [0.1, 0.15) is 0 Å². The molecule has 3 aromatic rings. The first-order chi connectivity index (χ1) is 13.8. The number of fused-ring (bicyclic) bond motifs is 1. The molecule has 3 aromatic heterocycles. The summed E-state index contributed by atoms with van der Waals surface area (Å²) >= 11 is 6.22. The van der Waals surface area contributed by atoms with Crippen molar-refractivity contribution in [2.75, 3.05) is 13.1 Å². The maximum atomic E-state index is 13.0. The fourth-order valence-corrected chi connectivity index (χ4v) is 4.18. The first-order valence-corrected chi connectivity index (χ1v) is 10.2. The standard InChI is InChI=1S/C21H24ClN5O2/c1-12(10-27-14(3)19(22)13(2)25-27)21(29)26-8-6-15(11-26)17-9-18-16(20(28)24-17)5-4-7-23-18/h4-5,7,9,12,15H,6,8,10-11H2,1-3H3,(H,24,28). The molecule has 1 N–H and O–H groups in total. The van der Waals surface area contributed by atoms with E-state index < -0.39 is 0 Å². The second-order valence-corrected chi connectivity index (χ2v) is 8.21. The average molecular weight is 414 g/mol. The normalized spacial score (nSPS) is 17.8. The van der Waals surface area contributed by atoms with Gasteiger partial charge in [0, 0.05) is 30.9 Å². The van der Waals surface area contributed by atoms with Crippen molar-refractivity contribution in [1.82, 2.24) is 24.6 Å². The number of amides is 1. The smallest absolute Gasteiger partial charge is 0.257 e. The van der Waals surface area contributed by atoms with Crippen LogP contribution in [0.15, 0.2) is 29.2 Å². The van der Waals surface area contributed by atoms with Crippen molar-refractivity contribution >= 4 is 28.4 Å². The molecule has 0 aliphatic carbocycles. The lowest BCUT2D eigenvalue weighted by molar-refractivity contribution is -0.134. The molecule has 1 saturated heterocycles. The predicted molar refractivity (Wildman–Crippen MR) is 112 cm³/mol. The number of hydrogen-bond donors (Lipinski definition) is 1. The van der Waals surface area contributed by atoms with E-state index in [0.29, 0.717) is 35.6 Å². The van der Waals surface area contributed by atoms with Crippen molar-refractivity contribution in [3.05, 3.63) is 56.9 Å². The summed E-state index contributed by atoms with van der Waals surface area (Å²) in [6.07, 6.45) is 2.50. The molecule has 2 unspecified atom stereocenters. The number of aromatic nitrogens is 4. The third-order valence-corrected chi connectivity index (χ3v) is 6.28. The highest BCUT2D eigenvalue weighted by Crippen LogP contribution is 2.28. The van der Waals surface area contributed by atoms with Crippen LogP contribution < -0.4 is 5.56 Å². The summed E-state index contributed by atoms with van der Waals surface area (Å²) in [6.45, 7) is 7.46. The minimum atomic E-state index is -0.208. The van der Waals surface area contributed by atoms with Crippen LogP contribution in [-0.2, 0) is 11.3 Å². The Morgan fingerprint density at radius 2 is 2.21 bits per heavy atom. The zero-order valence-electron chi connectivity index (χ0n) is 16.8. The first-order valence-electron chi connectivity index (χ1n) is 9.81. The van der Waals surface area contributed by atoms with Crippen LogP contribution >= 0.6 is 11.6 Å². The van der Waals surface area contributed by atoms with E-state index in [9.17, 15) is 9.59 Å². The minimum Gasteiger partial charge on any atom is -0.342 e. The molecule has 1 amide bonds. The first kappa shape index (κ1) is 19.6. The molecular formula is C21H24ClN5O2. The van der Waals surface area contributed by atoms with Crippen LogP contribution in [0.25, 0.3) is 10.9 Å². The van der Waals surface area contributed by atoms with E-state index in [2.05, 4.69) is 15.1 Å². The number of carbonyl (C=O) groups is 1. The molecule has 0 bridgehead atoms. The second-order valence-electron chi connectivity index (χ2n) is 7.83. The largest absolute Gasteiger partial charge is 0.342 e. The molecule has 0 spiro atoms. The number of H-pyrrole nitrogens is 1. The number of carbonyl (C=O) groups excluding carboxylic acids is 1. The Bertz CT molecular complexity index is 1140. The van der Waals surface area contributed by atoms with Crippen LogP contribution in [0, 0.1) is 19.8 Å². The fraction of sp³-hybridized carbons (Fsp3) is 0.429. The molecule has 8 heteroatoms. The number of aromatic amines is 1. The molecule has 0 radical (unpaired) electrons. The van der Waals surface area contributed by atoms with E-state index in [4.69, 9.17) is 11.6 Å². The van der Waals surface area contributed by atoms with Crippen molar-refractivity contribution in [1.29, 1.82) is 0 Å². The average Bonchev–Trinajstić information content (AvgIpc) is 3.29. The molecule has 1 fully saturated rings. The van der Waals surface area contributed by atoms with Gasteiger partial charge in [-0.1, -0.05) is 18.5 Å². The lowest BCUT2D eigenvalue weighted by atomic mass is 10.0. The number of aryl methyl sites for hydroxylation is 1. The summed E-state index contributed by atoms with van der Waals surface area (Å²) in [4.78, 5) is 34.5. The van der Waals surface area contributed by atoms with Crippen molar-refractivity contribution in [3.63, 3.8) is 0 Å². The van der Waals surface area contributed by atoms with Crippen LogP contribution in [0.3, 0.4) is 0 Å². The van der Waals surface area contributed by atoms with Gasteiger partial charge in [0.25, 0.3) is 5.56 Å². The van der Waals surface area contributed by atoms with Crippen LogP contribution in [-0.4, -0.2) is 43.6 Å². The van der Waals surface area contributed by atoms with Gasteiger partial charge in [-0.05, 0) is 38.5 Å². The molecule has 0 saturated carbocycles. The SMILES string of the molecule is Cc1nn(CC(C)C(=O)N2CCC(c3cc4ncccc4c(=O)[nH]3)C2)c(C)c1Cl. The fourth-order valence-electron chi connectivity index (χ4n) is 4.04. The van der Waals surface area contributed by atoms with Gasteiger partial charge in [0.05, 0.1) is 39.8 Å². The number of likely N-dealkylation sites (tertiary alicyclic amines) is 1.